The van der Waals surface area contributed by atoms with Crippen molar-refractivity contribution in [2.45, 2.75) is 26.8 Å². The van der Waals surface area contributed by atoms with Gasteiger partial charge in [-0.1, -0.05) is 19.9 Å². The van der Waals surface area contributed by atoms with Crippen LogP contribution in [0.15, 0.2) is 36.4 Å². The topological polar surface area (TPSA) is 68.8 Å². The number of benzene rings is 2. The van der Waals surface area contributed by atoms with Gasteiger partial charge in [0.15, 0.2) is 16.6 Å². The van der Waals surface area contributed by atoms with E-state index in [-0.39, 0.29) is 11.0 Å². The third-order valence-corrected chi connectivity index (χ3v) is 5.36. The molecule has 2 N–H and O–H groups in total. The summed E-state index contributed by atoms with van der Waals surface area (Å²) in [6.45, 7) is 5.41. The standard InChI is InChI=1S/C22H27IN2O4S/c1-14(2)9-10-29-19-7-5-15(11-20(19)28-4)13-24-22(30)25-21(26)16-6-8-18(27-3)17(23)12-16/h5-8,11-12,14H,9-10,13H2,1-4H3,(H2,24,25,26,30). The number of ether oxygens (including phenoxy) is 3. The molecule has 0 heterocycles. The average molecular weight is 542 g/mol. The first kappa shape index (κ1) is 24.2. The van der Waals surface area contributed by atoms with Crippen LogP contribution < -0.4 is 24.8 Å². The molecule has 2 rings (SSSR count). The molecule has 2 aromatic rings. The molecule has 0 aliphatic rings. The Hall–Kier alpha value is -2.07. The Labute approximate surface area is 196 Å². The molecular formula is C22H27IN2O4S. The van der Waals surface area contributed by atoms with Crippen molar-refractivity contribution >= 4 is 45.8 Å². The summed E-state index contributed by atoms with van der Waals surface area (Å²) in [5, 5.41) is 5.99. The minimum absolute atomic E-state index is 0.252. The molecule has 0 aliphatic carbocycles. The molecule has 0 bridgehead atoms. The van der Waals surface area contributed by atoms with Gasteiger partial charge in [-0.3, -0.25) is 10.1 Å². The van der Waals surface area contributed by atoms with Crippen molar-refractivity contribution in [1.82, 2.24) is 10.6 Å². The van der Waals surface area contributed by atoms with E-state index in [4.69, 9.17) is 26.4 Å². The van der Waals surface area contributed by atoms with Gasteiger partial charge in [-0.15, -0.1) is 0 Å². The average Bonchev–Trinajstić information content (AvgIpc) is 2.72. The third-order valence-electron chi connectivity index (χ3n) is 4.27. The van der Waals surface area contributed by atoms with Crippen molar-refractivity contribution < 1.29 is 19.0 Å². The fraction of sp³-hybridized carbons (Fsp3) is 0.364. The second kappa shape index (κ2) is 11.9. The number of carbonyl (C=O) groups is 1. The van der Waals surface area contributed by atoms with Gasteiger partial charge in [0.25, 0.3) is 5.91 Å². The molecule has 0 spiro atoms. The lowest BCUT2D eigenvalue weighted by Crippen LogP contribution is -2.38. The minimum atomic E-state index is -0.278. The zero-order valence-electron chi connectivity index (χ0n) is 17.6. The molecule has 0 saturated heterocycles. The lowest BCUT2D eigenvalue weighted by Gasteiger charge is -2.14. The summed E-state index contributed by atoms with van der Waals surface area (Å²) in [7, 11) is 3.21. The number of amides is 1. The van der Waals surface area contributed by atoms with E-state index in [0.717, 1.165) is 21.3 Å². The number of hydrogen-bond donors (Lipinski definition) is 2. The lowest BCUT2D eigenvalue weighted by molar-refractivity contribution is 0.0976. The highest BCUT2D eigenvalue weighted by molar-refractivity contribution is 14.1. The summed E-state index contributed by atoms with van der Waals surface area (Å²) in [5.74, 6) is 2.41. The normalized spacial score (nSPS) is 10.5. The molecule has 0 fully saturated rings. The summed E-state index contributed by atoms with van der Waals surface area (Å²) < 4.78 is 17.3. The monoisotopic (exact) mass is 542 g/mol. The predicted molar refractivity (Wildman–Crippen MR) is 131 cm³/mol. The predicted octanol–water partition coefficient (Wildman–Crippen LogP) is 4.54. The summed E-state index contributed by atoms with van der Waals surface area (Å²) in [6.07, 6.45) is 0.980. The second-order valence-electron chi connectivity index (χ2n) is 7.00. The van der Waals surface area contributed by atoms with Crippen LogP contribution in [-0.4, -0.2) is 31.8 Å². The van der Waals surface area contributed by atoms with E-state index in [1.807, 2.05) is 18.2 Å². The van der Waals surface area contributed by atoms with Crippen molar-refractivity contribution in [2.75, 3.05) is 20.8 Å². The van der Waals surface area contributed by atoms with Crippen LogP contribution in [0, 0.1) is 9.49 Å². The summed E-state index contributed by atoms with van der Waals surface area (Å²) in [4.78, 5) is 12.4. The van der Waals surface area contributed by atoms with Crippen molar-refractivity contribution in [2.24, 2.45) is 5.92 Å². The quantitative estimate of drug-likeness (QED) is 0.359. The van der Waals surface area contributed by atoms with E-state index < -0.39 is 0 Å². The minimum Gasteiger partial charge on any atom is -0.496 e. The molecular weight excluding hydrogens is 515 g/mol. The van der Waals surface area contributed by atoms with Crippen LogP contribution >= 0.6 is 34.8 Å². The number of methoxy groups -OCH3 is 2. The van der Waals surface area contributed by atoms with E-state index in [0.29, 0.717) is 36.1 Å². The Morgan fingerprint density at radius 1 is 1.07 bits per heavy atom. The molecule has 8 heteroatoms. The number of carbonyl (C=O) groups excluding carboxylic acids is 1. The number of nitrogens with one attached hydrogen (secondary N) is 2. The van der Waals surface area contributed by atoms with E-state index >= 15 is 0 Å². The summed E-state index contributed by atoms with van der Waals surface area (Å²) in [6, 6.07) is 10.9. The Balaban J connectivity index is 1.90. The molecule has 1 amide bonds. The molecule has 0 aromatic heterocycles. The van der Waals surface area contributed by atoms with Crippen molar-refractivity contribution in [1.29, 1.82) is 0 Å². The first-order valence-electron chi connectivity index (χ1n) is 9.56. The van der Waals surface area contributed by atoms with Crippen LogP contribution in [0.4, 0.5) is 0 Å². The number of rotatable bonds is 9. The van der Waals surface area contributed by atoms with Gasteiger partial charge in [0, 0.05) is 12.1 Å². The molecule has 0 atom stereocenters. The Bertz CT molecular complexity index is 889. The van der Waals surface area contributed by atoms with Crippen LogP contribution in [0.1, 0.15) is 36.2 Å². The van der Waals surface area contributed by atoms with Gasteiger partial charge in [0.05, 0.1) is 24.4 Å². The van der Waals surface area contributed by atoms with Gasteiger partial charge >= 0.3 is 0 Å². The van der Waals surface area contributed by atoms with E-state index in [9.17, 15) is 4.79 Å². The number of hydrogen-bond acceptors (Lipinski definition) is 5. The molecule has 30 heavy (non-hydrogen) atoms. The van der Waals surface area contributed by atoms with Crippen LogP contribution in [0.2, 0.25) is 0 Å². The van der Waals surface area contributed by atoms with Gasteiger partial charge in [0.1, 0.15) is 5.75 Å². The molecule has 0 aliphatic heterocycles. The Morgan fingerprint density at radius 2 is 1.77 bits per heavy atom. The highest BCUT2D eigenvalue weighted by Crippen LogP contribution is 2.28. The van der Waals surface area contributed by atoms with Gasteiger partial charge in [-0.2, -0.15) is 0 Å². The first-order valence-corrected chi connectivity index (χ1v) is 11.0. The van der Waals surface area contributed by atoms with Gasteiger partial charge in [0.2, 0.25) is 0 Å². The van der Waals surface area contributed by atoms with Crippen LogP contribution in [-0.2, 0) is 6.54 Å². The van der Waals surface area contributed by atoms with E-state index in [1.54, 1.807) is 32.4 Å². The SMILES string of the molecule is COc1ccc(C(=O)NC(=S)NCc2ccc(OCCC(C)C)c(OC)c2)cc1I. The molecule has 0 radical (unpaired) electrons. The van der Waals surface area contributed by atoms with Crippen LogP contribution in [0.3, 0.4) is 0 Å². The summed E-state index contributed by atoms with van der Waals surface area (Å²) in [5.41, 5.74) is 1.47. The Morgan fingerprint density at radius 3 is 2.40 bits per heavy atom. The maximum atomic E-state index is 12.4. The first-order chi connectivity index (χ1) is 14.3. The second-order valence-corrected chi connectivity index (χ2v) is 8.57. The number of thiocarbonyl (C=S) groups is 1. The van der Waals surface area contributed by atoms with Gasteiger partial charge in [-0.05, 0) is 83.0 Å². The highest BCUT2D eigenvalue weighted by atomic mass is 127. The fourth-order valence-electron chi connectivity index (χ4n) is 2.56. The maximum Gasteiger partial charge on any atom is 0.257 e. The van der Waals surface area contributed by atoms with Gasteiger partial charge in [-0.25, -0.2) is 0 Å². The van der Waals surface area contributed by atoms with Crippen molar-refractivity contribution in [3.8, 4) is 17.2 Å². The van der Waals surface area contributed by atoms with E-state index in [2.05, 4.69) is 47.1 Å². The molecule has 162 valence electrons. The van der Waals surface area contributed by atoms with Crippen molar-refractivity contribution in [3.05, 3.63) is 51.1 Å². The third kappa shape index (κ3) is 7.32. The maximum absolute atomic E-state index is 12.4. The van der Waals surface area contributed by atoms with Gasteiger partial charge < -0.3 is 19.5 Å². The Kier molecular flexibility index (Phi) is 9.64. The lowest BCUT2D eigenvalue weighted by atomic mass is 10.1. The smallest absolute Gasteiger partial charge is 0.257 e. The molecule has 0 saturated carbocycles. The molecule has 0 unspecified atom stereocenters. The molecule has 2 aromatic carbocycles. The van der Waals surface area contributed by atoms with Crippen LogP contribution in [0.5, 0.6) is 17.2 Å². The zero-order valence-corrected chi connectivity index (χ0v) is 20.6. The number of halogens is 1. The van der Waals surface area contributed by atoms with Crippen molar-refractivity contribution in [3.63, 3.8) is 0 Å². The zero-order chi connectivity index (χ0) is 22.1. The molecule has 6 nitrogen and oxygen atoms in total. The largest absolute Gasteiger partial charge is 0.496 e. The van der Waals surface area contributed by atoms with E-state index in [1.165, 1.54) is 0 Å². The fourth-order valence-corrected chi connectivity index (χ4v) is 3.46. The van der Waals surface area contributed by atoms with Crippen LogP contribution in [0.25, 0.3) is 0 Å². The summed E-state index contributed by atoms with van der Waals surface area (Å²) >= 11 is 7.38. The highest BCUT2D eigenvalue weighted by Gasteiger charge is 2.11.